The lowest BCUT2D eigenvalue weighted by Crippen LogP contribution is -2.63. The molecule has 1 aromatic rings. The Bertz CT molecular complexity index is 1120. The van der Waals surface area contributed by atoms with Gasteiger partial charge in [-0.3, -0.25) is 19.3 Å². The molecule has 2 aliphatic heterocycles. The minimum atomic E-state index is -1.20. The monoisotopic (exact) mass is 521 g/mol. The van der Waals surface area contributed by atoms with Gasteiger partial charge in [-0.2, -0.15) is 0 Å². The fourth-order valence-electron chi connectivity index (χ4n) is 5.01. The van der Waals surface area contributed by atoms with Gasteiger partial charge in [0.05, 0.1) is 35.2 Å². The number of hydrogen-bond acceptors (Lipinski definition) is 7. The number of rotatable bonds is 11. The third-order valence-electron chi connectivity index (χ3n) is 6.92. The zero-order chi connectivity index (χ0) is 26.9. The number of phenols is 1. The van der Waals surface area contributed by atoms with Crippen molar-refractivity contribution in [3.63, 3.8) is 0 Å². The number of halogens is 1. The first-order valence-corrected chi connectivity index (χ1v) is 12.2. The van der Waals surface area contributed by atoms with Gasteiger partial charge in [-0.25, -0.2) is 4.79 Å². The molecule has 1 fully saturated rings. The molecule has 2 aliphatic rings. The molecule has 1 saturated heterocycles. The SMILES string of the molecule is Cc1c(O)ccc(C(=O)NCCCC(=O)CN(C)CC2=C(C(=O)O)N3C(=O)[C@H]([C@@H](C)O)[C@H]3[C@H]2C)c1Cl. The Hall–Kier alpha value is -2.95. The molecule has 3 rings (SSSR count). The predicted molar refractivity (Wildman–Crippen MR) is 132 cm³/mol. The summed E-state index contributed by atoms with van der Waals surface area (Å²) in [6, 6.07) is 2.44. The molecular weight excluding hydrogens is 490 g/mol. The minimum absolute atomic E-state index is 0.00344. The van der Waals surface area contributed by atoms with E-state index in [1.54, 1.807) is 18.9 Å². The maximum Gasteiger partial charge on any atom is 0.352 e. The number of Topliss-reactive ketones (excluding diaryl/α,β-unsaturated/α-hetero) is 1. The number of phenolic OH excluding ortho intramolecular Hbond substituents is 1. The van der Waals surface area contributed by atoms with Crippen LogP contribution in [0, 0.1) is 18.8 Å². The normalized spacial score (nSPS) is 21.9. The first-order valence-electron chi connectivity index (χ1n) is 11.8. The van der Waals surface area contributed by atoms with Gasteiger partial charge in [-0.15, -0.1) is 0 Å². The number of nitrogens with one attached hydrogen (secondary N) is 1. The first-order chi connectivity index (χ1) is 16.9. The maximum atomic E-state index is 12.5. The molecule has 196 valence electrons. The lowest BCUT2D eigenvalue weighted by molar-refractivity contribution is -0.163. The summed E-state index contributed by atoms with van der Waals surface area (Å²) in [6.07, 6.45) is -0.248. The van der Waals surface area contributed by atoms with Gasteiger partial charge < -0.3 is 25.5 Å². The second-order valence-corrected chi connectivity index (χ2v) is 9.95. The third kappa shape index (κ3) is 5.25. The Morgan fingerprint density at radius 3 is 2.56 bits per heavy atom. The van der Waals surface area contributed by atoms with Crippen LogP contribution in [0.4, 0.5) is 0 Å². The molecule has 0 saturated carbocycles. The van der Waals surface area contributed by atoms with E-state index < -0.39 is 35.8 Å². The van der Waals surface area contributed by atoms with Crippen molar-refractivity contribution in [2.75, 3.05) is 26.7 Å². The van der Waals surface area contributed by atoms with Crippen molar-refractivity contribution in [3.05, 3.63) is 39.6 Å². The third-order valence-corrected chi connectivity index (χ3v) is 7.41. The summed E-state index contributed by atoms with van der Waals surface area (Å²) in [4.78, 5) is 52.1. The fourth-order valence-corrected chi connectivity index (χ4v) is 5.26. The van der Waals surface area contributed by atoms with Crippen LogP contribution in [-0.2, 0) is 14.4 Å². The second-order valence-electron chi connectivity index (χ2n) is 9.57. The van der Waals surface area contributed by atoms with Gasteiger partial charge in [-0.1, -0.05) is 18.5 Å². The van der Waals surface area contributed by atoms with Gasteiger partial charge in [0.15, 0.2) is 0 Å². The number of carbonyl (C=O) groups excluding carboxylic acids is 3. The molecule has 0 spiro atoms. The van der Waals surface area contributed by atoms with E-state index in [4.69, 9.17) is 11.6 Å². The van der Waals surface area contributed by atoms with E-state index in [1.165, 1.54) is 24.0 Å². The van der Waals surface area contributed by atoms with Gasteiger partial charge in [0, 0.05) is 31.0 Å². The predicted octanol–water partition coefficient (Wildman–Crippen LogP) is 1.56. The number of ketones is 1. The van der Waals surface area contributed by atoms with Gasteiger partial charge in [0.25, 0.3) is 5.91 Å². The number of amides is 2. The molecule has 1 aromatic carbocycles. The van der Waals surface area contributed by atoms with Crippen LogP contribution in [0.2, 0.25) is 5.02 Å². The molecule has 0 bridgehead atoms. The standard InChI is InChI=1S/C25H32ClN3O7/c1-12-17(22(25(35)36)29-21(12)19(14(3)30)24(29)34)11-28(4)10-15(31)6-5-9-27-23(33)16-7-8-18(32)13(2)20(16)26/h7-8,12,14,19,21,30,32H,5-6,9-11H2,1-4H3,(H,27,33)(H,35,36)/t12-,14+,19+,21+/m0/s1. The van der Waals surface area contributed by atoms with Crippen molar-refractivity contribution in [3.8, 4) is 5.75 Å². The number of aliphatic hydroxyl groups excluding tert-OH is 1. The van der Waals surface area contributed by atoms with Crippen molar-refractivity contribution in [1.29, 1.82) is 0 Å². The number of carbonyl (C=O) groups is 4. The Morgan fingerprint density at radius 1 is 1.28 bits per heavy atom. The molecule has 36 heavy (non-hydrogen) atoms. The van der Waals surface area contributed by atoms with E-state index in [9.17, 15) is 34.5 Å². The van der Waals surface area contributed by atoms with Gasteiger partial charge >= 0.3 is 5.97 Å². The van der Waals surface area contributed by atoms with E-state index >= 15 is 0 Å². The second kappa shape index (κ2) is 11.0. The number of likely N-dealkylation sites (N-methyl/N-ethyl adjacent to an activating group) is 1. The Morgan fingerprint density at radius 2 is 1.94 bits per heavy atom. The van der Waals surface area contributed by atoms with Crippen LogP contribution in [0.3, 0.4) is 0 Å². The number of aromatic hydroxyl groups is 1. The summed E-state index contributed by atoms with van der Waals surface area (Å²) in [6.45, 7) is 5.52. The van der Waals surface area contributed by atoms with Gasteiger partial charge in [-0.05, 0) is 45.0 Å². The molecule has 2 heterocycles. The highest BCUT2D eigenvalue weighted by Crippen LogP contribution is 2.47. The van der Waals surface area contributed by atoms with Crippen LogP contribution in [0.15, 0.2) is 23.4 Å². The van der Waals surface area contributed by atoms with E-state index in [2.05, 4.69) is 5.32 Å². The smallest absolute Gasteiger partial charge is 0.352 e. The average Bonchev–Trinajstić information content (AvgIpc) is 3.03. The summed E-state index contributed by atoms with van der Waals surface area (Å²) in [5, 5.41) is 32.2. The number of carboxylic acid groups (broad SMARTS) is 1. The summed E-state index contributed by atoms with van der Waals surface area (Å²) < 4.78 is 0. The summed E-state index contributed by atoms with van der Waals surface area (Å²) >= 11 is 6.12. The number of benzene rings is 1. The molecule has 0 aromatic heterocycles. The number of nitrogens with zero attached hydrogens (tertiary/aromatic N) is 2. The van der Waals surface area contributed by atoms with Crippen molar-refractivity contribution in [1.82, 2.24) is 15.1 Å². The van der Waals surface area contributed by atoms with Gasteiger partial charge in [0.1, 0.15) is 17.2 Å². The number of carboxylic acids is 1. The Balaban J connectivity index is 1.50. The highest BCUT2D eigenvalue weighted by atomic mass is 35.5. The molecule has 4 N–H and O–H groups in total. The topological polar surface area (TPSA) is 147 Å². The molecule has 4 atom stereocenters. The molecular formula is C25H32ClN3O7. The quantitative estimate of drug-likeness (QED) is 0.253. The fraction of sp³-hybridized carbons (Fsp3) is 0.520. The minimum Gasteiger partial charge on any atom is -0.508 e. The van der Waals surface area contributed by atoms with E-state index in [-0.39, 0.29) is 59.8 Å². The number of hydrogen-bond donors (Lipinski definition) is 4. The highest BCUT2D eigenvalue weighted by Gasteiger charge is 2.59. The van der Waals surface area contributed by atoms with E-state index in [0.29, 0.717) is 17.6 Å². The largest absolute Gasteiger partial charge is 0.508 e. The van der Waals surface area contributed by atoms with Crippen molar-refractivity contribution >= 4 is 35.2 Å². The first kappa shape index (κ1) is 27.6. The molecule has 0 aliphatic carbocycles. The van der Waals surface area contributed by atoms with Crippen molar-refractivity contribution in [2.45, 2.75) is 45.8 Å². The summed E-state index contributed by atoms with van der Waals surface area (Å²) in [7, 11) is 1.71. The number of fused-ring (bicyclic) bond motifs is 1. The average molecular weight is 522 g/mol. The zero-order valence-corrected chi connectivity index (χ0v) is 21.5. The van der Waals surface area contributed by atoms with Crippen LogP contribution >= 0.6 is 11.6 Å². The Labute approximate surface area is 214 Å². The van der Waals surface area contributed by atoms with E-state index in [0.717, 1.165) is 0 Å². The number of aliphatic hydroxyl groups is 1. The number of β-lactam (4-membered cyclic amide) rings is 1. The van der Waals surface area contributed by atoms with Crippen LogP contribution < -0.4 is 5.32 Å². The lowest BCUT2D eigenvalue weighted by atomic mass is 9.77. The highest BCUT2D eigenvalue weighted by molar-refractivity contribution is 6.34. The molecule has 0 unspecified atom stereocenters. The zero-order valence-electron chi connectivity index (χ0n) is 20.7. The summed E-state index contributed by atoms with van der Waals surface area (Å²) in [5.74, 6) is -2.94. The number of aliphatic carboxylic acids is 1. The van der Waals surface area contributed by atoms with Crippen molar-refractivity contribution < 1.29 is 34.5 Å². The summed E-state index contributed by atoms with van der Waals surface area (Å²) in [5.41, 5.74) is 1.16. The Kier molecular flexibility index (Phi) is 8.43. The molecule has 2 amide bonds. The van der Waals surface area contributed by atoms with E-state index in [1.807, 2.05) is 6.92 Å². The molecule has 10 nitrogen and oxygen atoms in total. The lowest BCUT2D eigenvalue weighted by Gasteiger charge is -2.46. The van der Waals surface area contributed by atoms with Crippen LogP contribution in [0.25, 0.3) is 0 Å². The van der Waals surface area contributed by atoms with Crippen LogP contribution in [0.1, 0.15) is 42.6 Å². The molecule has 0 radical (unpaired) electrons. The maximum absolute atomic E-state index is 12.5. The van der Waals surface area contributed by atoms with Crippen LogP contribution in [-0.4, -0.2) is 87.5 Å². The van der Waals surface area contributed by atoms with Crippen molar-refractivity contribution in [2.24, 2.45) is 11.8 Å². The van der Waals surface area contributed by atoms with Crippen LogP contribution in [0.5, 0.6) is 5.75 Å². The molecule has 11 heteroatoms. The van der Waals surface area contributed by atoms with Gasteiger partial charge in [0.2, 0.25) is 5.91 Å².